The molecule has 1 aromatic carbocycles. The predicted molar refractivity (Wildman–Crippen MR) is 98.3 cm³/mol. The molecule has 29 heavy (non-hydrogen) atoms. The molecular formula is C18H23N5O6. The fourth-order valence-corrected chi connectivity index (χ4v) is 2.45. The number of nitrogens with one attached hydrogen (secondary N) is 1. The Balaban J connectivity index is 1.89. The van der Waals surface area contributed by atoms with Crippen LogP contribution in [-0.2, 0) is 43.4 Å². The first-order valence-corrected chi connectivity index (χ1v) is 8.90. The summed E-state index contributed by atoms with van der Waals surface area (Å²) in [6, 6.07) is 8.22. The Kier molecular flexibility index (Phi) is 8.54. The largest absolute Gasteiger partial charge is 0.469 e. The topological polar surface area (TPSA) is 135 Å². The molecule has 0 unspecified atom stereocenters. The molecule has 0 radical (unpaired) electrons. The van der Waals surface area contributed by atoms with E-state index in [9.17, 15) is 14.4 Å². The minimum atomic E-state index is -0.936. The molecule has 0 spiro atoms. The minimum Gasteiger partial charge on any atom is -0.469 e. The number of aromatic nitrogens is 4. The molecule has 1 N–H and O–H groups in total. The van der Waals surface area contributed by atoms with Gasteiger partial charge in [0.1, 0.15) is 12.6 Å². The van der Waals surface area contributed by atoms with E-state index in [2.05, 4.69) is 25.6 Å². The Bertz CT molecular complexity index is 810. The molecule has 0 aliphatic carbocycles. The first-order chi connectivity index (χ1) is 14.0. The molecule has 1 heterocycles. The number of hydrogen-bond donors (Lipinski definition) is 1. The van der Waals surface area contributed by atoms with Gasteiger partial charge in [0.05, 0.1) is 27.2 Å². The molecule has 2 aromatic rings. The smallest absolute Gasteiger partial charge is 0.408 e. The maximum absolute atomic E-state index is 12.0. The summed E-state index contributed by atoms with van der Waals surface area (Å²) in [5.41, 5.74) is 0.821. The normalized spacial score (nSPS) is 11.4. The van der Waals surface area contributed by atoms with Gasteiger partial charge < -0.3 is 19.5 Å². The summed E-state index contributed by atoms with van der Waals surface area (Å²) >= 11 is 0. The summed E-state index contributed by atoms with van der Waals surface area (Å²) in [5.74, 6) is -0.542. The number of carbonyl (C=O) groups excluding carboxylic acids is 3. The molecule has 1 atom stereocenters. The Hall–Kier alpha value is -3.50. The van der Waals surface area contributed by atoms with E-state index in [-0.39, 0.29) is 38.4 Å². The molecule has 1 amide bonds. The van der Waals surface area contributed by atoms with Crippen molar-refractivity contribution in [1.82, 2.24) is 25.5 Å². The molecule has 0 aliphatic heterocycles. The first-order valence-electron chi connectivity index (χ1n) is 8.90. The lowest BCUT2D eigenvalue weighted by Gasteiger charge is -2.16. The SMILES string of the molecule is COC(=O)CCn1nnnc1CC[C@H](NC(=O)OCc1ccccc1)C(=O)OC. The number of ether oxygens (including phenoxy) is 3. The fourth-order valence-electron chi connectivity index (χ4n) is 2.45. The lowest BCUT2D eigenvalue weighted by molar-refractivity contribution is -0.143. The van der Waals surface area contributed by atoms with E-state index >= 15 is 0 Å². The van der Waals surface area contributed by atoms with E-state index in [1.807, 2.05) is 30.3 Å². The van der Waals surface area contributed by atoms with Gasteiger partial charge in [-0.05, 0) is 22.4 Å². The predicted octanol–water partition coefficient (Wildman–Crippen LogP) is 0.637. The summed E-state index contributed by atoms with van der Waals surface area (Å²) < 4.78 is 15.9. The van der Waals surface area contributed by atoms with Crippen LogP contribution in [0, 0.1) is 0 Å². The van der Waals surface area contributed by atoms with Crippen LogP contribution < -0.4 is 5.32 Å². The van der Waals surface area contributed by atoms with E-state index < -0.39 is 18.1 Å². The zero-order chi connectivity index (χ0) is 21.1. The van der Waals surface area contributed by atoms with Gasteiger partial charge in [-0.2, -0.15) is 0 Å². The van der Waals surface area contributed by atoms with Crippen LogP contribution in [0.1, 0.15) is 24.2 Å². The van der Waals surface area contributed by atoms with Crippen molar-refractivity contribution in [2.75, 3.05) is 14.2 Å². The Labute approximate surface area is 167 Å². The highest BCUT2D eigenvalue weighted by atomic mass is 16.6. The van der Waals surface area contributed by atoms with Crippen molar-refractivity contribution in [1.29, 1.82) is 0 Å². The maximum atomic E-state index is 12.0. The molecular weight excluding hydrogens is 382 g/mol. The lowest BCUT2D eigenvalue weighted by Crippen LogP contribution is -2.42. The summed E-state index contributed by atoms with van der Waals surface area (Å²) in [6.45, 7) is 0.316. The van der Waals surface area contributed by atoms with Crippen LogP contribution in [0.5, 0.6) is 0 Å². The maximum Gasteiger partial charge on any atom is 0.408 e. The van der Waals surface area contributed by atoms with Crippen molar-refractivity contribution < 1.29 is 28.6 Å². The van der Waals surface area contributed by atoms with Gasteiger partial charge in [-0.1, -0.05) is 30.3 Å². The number of esters is 2. The van der Waals surface area contributed by atoms with Crippen molar-refractivity contribution >= 4 is 18.0 Å². The molecule has 156 valence electrons. The number of nitrogens with zero attached hydrogens (tertiary/aromatic N) is 4. The second-order valence-electron chi connectivity index (χ2n) is 5.96. The number of amides is 1. The van der Waals surface area contributed by atoms with Gasteiger partial charge >= 0.3 is 18.0 Å². The van der Waals surface area contributed by atoms with E-state index in [1.54, 1.807) is 0 Å². The lowest BCUT2D eigenvalue weighted by atomic mass is 10.1. The first kappa shape index (κ1) is 21.8. The number of benzene rings is 1. The van der Waals surface area contributed by atoms with E-state index in [4.69, 9.17) is 9.47 Å². The highest BCUT2D eigenvalue weighted by Crippen LogP contribution is 2.06. The second-order valence-corrected chi connectivity index (χ2v) is 5.96. The van der Waals surface area contributed by atoms with Crippen LogP contribution >= 0.6 is 0 Å². The van der Waals surface area contributed by atoms with Crippen molar-refractivity contribution in [3.63, 3.8) is 0 Å². The number of aryl methyl sites for hydroxylation is 2. The molecule has 0 fully saturated rings. The highest BCUT2D eigenvalue weighted by Gasteiger charge is 2.23. The Morgan fingerprint density at radius 3 is 2.59 bits per heavy atom. The number of tetrazole rings is 1. The zero-order valence-electron chi connectivity index (χ0n) is 16.2. The summed E-state index contributed by atoms with van der Waals surface area (Å²) in [6.07, 6.45) is -0.174. The number of rotatable bonds is 10. The fraction of sp³-hybridized carbons (Fsp3) is 0.444. The van der Waals surface area contributed by atoms with Crippen LogP contribution in [-0.4, -0.2) is 58.5 Å². The monoisotopic (exact) mass is 405 g/mol. The van der Waals surface area contributed by atoms with E-state index in [0.717, 1.165) is 5.56 Å². The minimum absolute atomic E-state index is 0.0757. The third-order valence-electron chi connectivity index (χ3n) is 4.01. The number of carbonyl (C=O) groups is 3. The molecule has 2 rings (SSSR count). The molecule has 0 aliphatic rings. The number of methoxy groups -OCH3 is 2. The zero-order valence-corrected chi connectivity index (χ0v) is 16.2. The van der Waals surface area contributed by atoms with Crippen molar-refractivity contribution in [2.24, 2.45) is 0 Å². The third kappa shape index (κ3) is 7.20. The van der Waals surface area contributed by atoms with Crippen LogP contribution in [0.25, 0.3) is 0 Å². The summed E-state index contributed by atoms with van der Waals surface area (Å²) in [7, 11) is 2.53. The average Bonchev–Trinajstić information content (AvgIpc) is 3.20. The average molecular weight is 405 g/mol. The standard InChI is InChI=1S/C18H23N5O6/c1-27-16(24)10-11-23-15(20-21-22-23)9-8-14(17(25)28-2)19-18(26)29-12-13-6-4-3-5-7-13/h3-7,14H,8-12H2,1-2H3,(H,19,26)/t14-/m0/s1. The molecule has 11 heteroatoms. The summed E-state index contributed by atoms with van der Waals surface area (Å²) in [5, 5.41) is 13.8. The van der Waals surface area contributed by atoms with Crippen LogP contribution in [0.4, 0.5) is 4.79 Å². The quantitative estimate of drug-likeness (QED) is 0.446. The highest BCUT2D eigenvalue weighted by molar-refractivity contribution is 5.81. The van der Waals surface area contributed by atoms with Crippen molar-refractivity contribution in [2.45, 2.75) is 38.5 Å². The van der Waals surface area contributed by atoms with Gasteiger partial charge in [-0.3, -0.25) is 4.79 Å². The molecule has 0 saturated carbocycles. The van der Waals surface area contributed by atoms with Crippen molar-refractivity contribution in [3.05, 3.63) is 41.7 Å². The van der Waals surface area contributed by atoms with Gasteiger partial charge in [-0.15, -0.1) is 5.10 Å². The molecule has 0 bridgehead atoms. The van der Waals surface area contributed by atoms with Crippen molar-refractivity contribution in [3.8, 4) is 0 Å². The third-order valence-corrected chi connectivity index (χ3v) is 4.01. The van der Waals surface area contributed by atoms with Crippen LogP contribution in [0.2, 0.25) is 0 Å². The van der Waals surface area contributed by atoms with Gasteiger partial charge in [0.25, 0.3) is 0 Å². The van der Waals surface area contributed by atoms with Gasteiger partial charge in [0, 0.05) is 6.42 Å². The van der Waals surface area contributed by atoms with E-state index in [0.29, 0.717) is 5.82 Å². The molecule has 0 saturated heterocycles. The Morgan fingerprint density at radius 2 is 1.90 bits per heavy atom. The number of alkyl carbamates (subject to hydrolysis) is 1. The van der Waals surface area contributed by atoms with Gasteiger partial charge in [0.15, 0.2) is 5.82 Å². The van der Waals surface area contributed by atoms with Gasteiger partial charge in [-0.25, -0.2) is 14.3 Å². The molecule has 11 nitrogen and oxygen atoms in total. The molecule has 1 aromatic heterocycles. The van der Waals surface area contributed by atoms with Gasteiger partial charge in [0.2, 0.25) is 0 Å². The summed E-state index contributed by atoms with van der Waals surface area (Å²) in [4.78, 5) is 35.3. The Morgan fingerprint density at radius 1 is 1.14 bits per heavy atom. The van der Waals surface area contributed by atoms with E-state index in [1.165, 1.54) is 18.9 Å². The number of hydrogen-bond acceptors (Lipinski definition) is 9. The second kappa shape index (κ2) is 11.4. The van der Waals surface area contributed by atoms with Crippen LogP contribution in [0.15, 0.2) is 30.3 Å². The van der Waals surface area contributed by atoms with Crippen LogP contribution in [0.3, 0.4) is 0 Å².